The summed E-state index contributed by atoms with van der Waals surface area (Å²) in [5.74, 6) is -0.220. The van der Waals surface area contributed by atoms with E-state index < -0.39 is 16.7 Å². The fourth-order valence-electron chi connectivity index (χ4n) is 1.52. The number of benzene rings is 1. The quantitative estimate of drug-likeness (QED) is 0.690. The van der Waals surface area contributed by atoms with E-state index in [0.717, 1.165) is 11.6 Å². The molecular formula is C13H10ClN3O4. The molecule has 0 aliphatic carbocycles. The first-order valence-corrected chi connectivity index (χ1v) is 6.21. The van der Waals surface area contributed by atoms with Crippen molar-refractivity contribution in [2.45, 2.75) is 6.61 Å². The molecule has 0 saturated carbocycles. The molecular weight excluding hydrogens is 298 g/mol. The van der Waals surface area contributed by atoms with Crippen LogP contribution in [0.4, 0.5) is 16.3 Å². The molecule has 0 aliphatic heterocycles. The van der Waals surface area contributed by atoms with Crippen LogP contribution in [0.5, 0.6) is 0 Å². The molecule has 108 valence electrons. The van der Waals surface area contributed by atoms with E-state index in [1.165, 1.54) is 6.20 Å². The average Bonchev–Trinajstić information content (AvgIpc) is 2.48. The first-order valence-electron chi connectivity index (χ1n) is 5.84. The Labute approximate surface area is 124 Å². The van der Waals surface area contributed by atoms with Crippen molar-refractivity contribution in [2.75, 3.05) is 5.32 Å². The molecule has 0 bridgehead atoms. The SMILES string of the molecule is O=C(Nc1ncc(Cl)cc1[N+](=O)[O-])OCc1ccccc1. The van der Waals surface area contributed by atoms with E-state index >= 15 is 0 Å². The average molecular weight is 308 g/mol. The minimum Gasteiger partial charge on any atom is -0.444 e. The monoisotopic (exact) mass is 307 g/mol. The lowest BCUT2D eigenvalue weighted by Crippen LogP contribution is -2.15. The summed E-state index contributed by atoms with van der Waals surface area (Å²) >= 11 is 5.63. The Bertz CT molecular complexity index is 664. The minimum atomic E-state index is -0.836. The van der Waals surface area contributed by atoms with E-state index in [1.54, 1.807) is 12.1 Å². The highest BCUT2D eigenvalue weighted by molar-refractivity contribution is 6.30. The van der Waals surface area contributed by atoms with E-state index in [2.05, 4.69) is 10.3 Å². The van der Waals surface area contributed by atoms with Gasteiger partial charge in [-0.1, -0.05) is 41.9 Å². The largest absolute Gasteiger partial charge is 0.444 e. The Morgan fingerprint density at radius 1 is 1.38 bits per heavy atom. The number of aromatic nitrogens is 1. The third kappa shape index (κ3) is 4.15. The molecule has 2 aromatic rings. The van der Waals surface area contributed by atoms with Crippen LogP contribution in [0.25, 0.3) is 0 Å². The second-order valence-corrected chi connectivity index (χ2v) is 4.40. The summed E-state index contributed by atoms with van der Waals surface area (Å²) in [4.78, 5) is 25.5. The van der Waals surface area contributed by atoms with Crippen LogP contribution in [-0.2, 0) is 11.3 Å². The fraction of sp³-hybridized carbons (Fsp3) is 0.0769. The molecule has 0 fully saturated rings. The molecule has 0 atom stereocenters. The van der Waals surface area contributed by atoms with E-state index in [9.17, 15) is 14.9 Å². The van der Waals surface area contributed by atoms with Crippen LogP contribution in [-0.4, -0.2) is 16.0 Å². The Hall–Kier alpha value is -2.67. The van der Waals surface area contributed by atoms with Gasteiger partial charge in [-0.25, -0.2) is 9.78 Å². The lowest BCUT2D eigenvalue weighted by Gasteiger charge is -2.07. The summed E-state index contributed by atoms with van der Waals surface area (Å²) in [6.07, 6.45) is 0.359. The van der Waals surface area contributed by atoms with Gasteiger partial charge in [-0.2, -0.15) is 0 Å². The van der Waals surface area contributed by atoms with Crippen molar-refractivity contribution in [1.29, 1.82) is 0 Å². The number of carbonyl (C=O) groups is 1. The highest BCUT2D eigenvalue weighted by Gasteiger charge is 2.18. The normalized spacial score (nSPS) is 9.95. The third-order valence-corrected chi connectivity index (χ3v) is 2.67. The van der Waals surface area contributed by atoms with E-state index in [-0.39, 0.29) is 17.4 Å². The summed E-state index contributed by atoms with van der Waals surface area (Å²) < 4.78 is 4.95. The van der Waals surface area contributed by atoms with Crippen LogP contribution in [0.3, 0.4) is 0 Å². The maximum atomic E-state index is 11.6. The zero-order chi connectivity index (χ0) is 15.2. The number of ether oxygens (including phenoxy) is 1. The topological polar surface area (TPSA) is 94.4 Å². The third-order valence-electron chi connectivity index (χ3n) is 2.46. The maximum absolute atomic E-state index is 11.6. The summed E-state index contributed by atoms with van der Waals surface area (Å²) in [7, 11) is 0. The number of anilines is 1. The molecule has 1 amide bonds. The summed E-state index contributed by atoms with van der Waals surface area (Å²) in [6, 6.07) is 10.1. The van der Waals surface area contributed by atoms with Crippen LogP contribution in [0, 0.1) is 10.1 Å². The summed E-state index contributed by atoms with van der Waals surface area (Å²) in [5.41, 5.74) is 0.394. The van der Waals surface area contributed by atoms with Crippen molar-refractivity contribution < 1.29 is 14.5 Å². The molecule has 0 spiro atoms. The number of rotatable bonds is 4. The number of hydrogen-bond acceptors (Lipinski definition) is 5. The second kappa shape index (κ2) is 6.67. The van der Waals surface area contributed by atoms with Gasteiger partial charge in [0, 0.05) is 12.3 Å². The van der Waals surface area contributed by atoms with Crippen molar-refractivity contribution in [3.8, 4) is 0 Å². The second-order valence-electron chi connectivity index (χ2n) is 3.97. The molecule has 0 radical (unpaired) electrons. The molecule has 1 N–H and O–H groups in total. The van der Waals surface area contributed by atoms with Crippen LogP contribution >= 0.6 is 11.6 Å². The molecule has 21 heavy (non-hydrogen) atoms. The molecule has 0 unspecified atom stereocenters. The smallest absolute Gasteiger partial charge is 0.413 e. The number of carbonyl (C=O) groups excluding carboxylic acids is 1. The number of amides is 1. The number of pyridine rings is 1. The predicted octanol–water partition coefficient (Wildman–Crippen LogP) is 3.39. The van der Waals surface area contributed by atoms with Gasteiger partial charge < -0.3 is 4.74 Å². The van der Waals surface area contributed by atoms with Gasteiger partial charge in [0.15, 0.2) is 0 Å². The lowest BCUT2D eigenvalue weighted by molar-refractivity contribution is -0.384. The first-order chi connectivity index (χ1) is 10.1. The van der Waals surface area contributed by atoms with Gasteiger partial charge in [-0.3, -0.25) is 15.4 Å². The molecule has 1 heterocycles. The van der Waals surface area contributed by atoms with Crippen LogP contribution in [0.15, 0.2) is 42.6 Å². The number of halogens is 1. The van der Waals surface area contributed by atoms with Crippen LogP contribution < -0.4 is 5.32 Å². The van der Waals surface area contributed by atoms with Gasteiger partial charge in [-0.05, 0) is 5.56 Å². The van der Waals surface area contributed by atoms with Gasteiger partial charge in [0.25, 0.3) is 0 Å². The molecule has 2 rings (SSSR count). The summed E-state index contributed by atoms with van der Waals surface area (Å²) in [5, 5.41) is 13.2. The summed E-state index contributed by atoms with van der Waals surface area (Å²) in [6.45, 7) is 0.0497. The van der Waals surface area contributed by atoms with Gasteiger partial charge in [-0.15, -0.1) is 0 Å². The Morgan fingerprint density at radius 3 is 2.76 bits per heavy atom. The van der Waals surface area contributed by atoms with Crippen molar-refractivity contribution in [2.24, 2.45) is 0 Å². The predicted molar refractivity (Wildman–Crippen MR) is 76.2 cm³/mol. The van der Waals surface area contributed by atoms with Crippen molar-refractivity contribution in [1.82, 2.24) is 4.98 Å². The van der Waals surface area contributed by atoms with Gasteiger partial charge >= 0.3 is 11.8 Å². The van der Waals surface area contributed by atoms with E-state index in [4.69, 9.17) is 16.3 Å². The highest BCUT2D eigenvalue weighted by Crippen LogP contribution is 2.25. The first kappa shape index (κ1) is 14.7. The number of nitrogens with one attached hydrogen (secondary N) is 1. The zero-order valence-electron chi connectivity index (χ0n) is 10.7. The Morgan fingerprint density at radius 2 is 2.10 bits per heavy atom. The minimum absolute atomic E-state index is 0.0497. The molecule has 1 aromatic carbocycles. The van der Waals surface area contributed by atoms with Crippen LogP contribution in [0.1, 0.15) is 5.56 Å². The Kier molecular flexibility index (Phi) is 4.68. The van der Waals surface area contributed by atoms with Gasteiger partial charge in [0.05, 0.1) is 9.95 Å². The molecule has 1 aromatic heterocycles. The van der Waals surface area contributed by atoms with Crippen molar-refractivity contribution in [3.05, 3.63) is 63.3 Å². The number of nitrogens with zero attached hydrogens (tertiary/aromatic N) is 2. The highest BCUT2D eigenvalue weighted by atomic mass is 35.5. The van der Waals surface area contributed by atoms with Crippen LogP contribution in [0.2, 0.25) is 5.02 Å². The maximum Gasteiger partial charge on any atom is 0.413 e. The molecule has 0 aliphatic rings. The number of nitro groups is 1. The van der Waals surface area contributed by atoms with Gasteiger partial charge in [0.2, 0.25) is 5.82 Å². The van der Waals surface area contributed by atoms with E-state index in [1.807, 2.05) is 18.2 Å². The Balaban J connectivity index is 2.01. The molecule has 8 heteroatoms. The molecule has 7 nitrogen and oxygen atoms in total. The number of hydrogen-bond donors (Lipinski definition) is 1. The lowest BCUT2D eigenvalue weighted by atomic mass is 10.2. The van der Waals surface area contributed by atoms with Gasteiger partial charge in [0.1, 0.15) is 6.61 Å². The van der Waals surface area contributed by atoms with E-state index in [0.29, 0.717) is 0 Å². The van der Waals surface area contributed by atoms with Crippen molar-refractivity contribution >= 4 is 29.2 Å². The fourth-order valence-corrected chi connectivity index (χ4v) is 1.67. The molecule has 0 saturated heterocycles. The van der Waals surface area contributed by atoms with Crippen molar-refractivity contribution in [3.63, 3.8) is 0 Å². The zero-order valence-corrected chi connectivity index (χ0v) is 11.4. The standard InChI is InChI=1S/C13H10ClN3O4/c14-10-6-11(17(19)20)12(15-7-10)16-13(18)21-8-9-4-2-1-3-5-9/h1-7H,8H2,(H,15,16,18).